The molecule has 7 nitrogen and oxygen atoms in total. The lowest BCUT2D eigenvalue weighted by atomic mass is 9.70. The average molecular weight is 335 g/mol. The van der Waals surface area contributed by atoms with E-state index in [1.54, 1.807) is 0 Å². The molecule has 0 radical (unpaired) electrons. The lowest BCUT2D eigenvalue weighted by Gasteiger charge is -2.38. The Labute approximate surface area is 131 Å². The van der Waals surface area contributed by atoms with Crippen molar-refractivity contribution in [3.8, 4) is 0 Å². The van der Waals surface area contributed by atoms with Crippen molar-refractivity contribution in [3.05, 3.63) is 0 Å². The molecule has 1 fully saturated rings. The van der Waals surface area contributed by atoms with E-state index in [-0.39, 0.29) is 18.2 Å². The number of sulfonamides is 1. The summed E-state index contributed by atoms with van der Waals surface area (Å²) < 4.78 is 31.3. The number of nitrogens with one attached hydrogen (secondary N) is 1. The van der Waals surface area contributed by atoms with Crippen LogP contribution in [0.2, 0.25) is 0 Å². The summed E-state index contributed by atoms with van der Waals surface area (Å²) in [4.78, 5) is 22.9. The molecule has 0 aromatic heterocycles. The SMILES string of the molecule is COC(=O)C1(CS(=O)(=O)NCC(CC(C)C)C(=O)O)CCC1. The summed E-state index contributed by atoms with van der Waals surface area (Å²) in [6.45, 7) is 3.60. The number of ether oxygens (including phenoxy) is 1. The van der Waals surface area contributed by atoms with Crippen LogP contribution >= 0.6 is 0 Å². The fourth-order valence-electron chi connectivity index (χ4n) is 2.71. The van der Waals surface area contributed by atoms with Crippen molar-refractivity contribution < 1.29 is 27.9 Å². The summed E-state index contributed by atoms with van der Waals surface area (Å²) >= 11 is 0. The zero-order chi connectivity index (χ0) is 17.0. The second-order valence-corrected chi connectivity index (χ2v) is 8.20. The highest BCUT2D eigenvalue weighted by atomic mass is 32.2. The van der Waals surface area contributed by atoms with Crippen LogP contribution in [0.25, 0.3) is 0 Å². The molecule has 0 amide bonds. The van der Waals surface area contributed by atoms with Gasteiger partial charge in [0, 0.05) is 6.54 Å². The molecular formula is C14H25NO6S. The van der Waals surface area contributed by atoms with Gasteiger partial charge < -0.3 is 9.84 Å². The molecule has 1 saturated carbocycles. The van der Waals surface area contributed by atoms with Gasteiger partial charge in [-0.25, -0.2) is 13.1 Å². The second kappa shape index (κ2) is 7.41. The summed E-state index contributed by atoms with van der Waals surface area (Å²) in [5, 5.41) is 9.13. The van der Waals surface area contributed by atoms with E-state index < -0.39 is 33.3 Å². The first-order valence-electron chi connectivity index (χ1n) is 7.40. The van der Waals surface area contributed by atoms with Gasteiger partial charge in [-0.1, -0.05) is 20.3 Å². The van der Waals surface area contributed by atoms with Crippen LogP contribution in [0.5, 0.6) is 0 Å². The van der Waals surface area contributed by atoms with Gasteiger partial charge in [-0.2, -0.15) is 0 Å². The smallest absolute Gasteiger partial charge is 0.312 e. The number of hydrogen-bond donors (Lipinski definition) is 2. The first kappa shape index (κ1) is 18.9. The zero-order valence-corrected chi connectivity index (χ0v) is 14.1. The molecule has 1 aliphatic carbocycles. The standard InChI is InChI=1S/C14H25NO6S/c1-10(2)7-11(12(16)17)8-15-22(19,20)9-14(5-4-6-14)13(18)21-3/h10-11,15H,4-9H2,1-3H3,(H,16,17). The van der Waals surface area contributed by atoms with Crippen molar-refractivity contribution >= 4 is 22.0 Å². The molecule has 1 atom stereocenters. The monoisotopic (exact) mass is 335 g/mol. The van der Waals surface area contributed by atoms with Gasteiger partial charge in [-0.05, 0) is 25.2 Å². The van der Waals surface area contributed by atoms with Crippen LogP contribution in [0.3, 0.4) is 0 Å². The number of carbonyl (C=O) groups excluding carboxylic acids is 1. The first-order chi connectivity index (χ1) is 10.1. The Kier molecular flexibility index (Phi) is 6.37. The van der Waals surface area contributed by atoms with Gasteiger partial charge in [0.05, 0.1) is 24.2 Å². The predicted molar refractivity (Wildman–Crippen MR) is 80.7 cm³/mol. The normalized spacial score (nSPS) is 18.5. The number of carbonyl (C=O) groups is 2. The number of carboxylic acids is 1. The molecule has 8 heteroatoms. The Balaban J connectivity index is 2.67. The van der Waals surface area contributed by atoms with E-state index in [1.807, 2.05) is 13.8 Å². The summed E-state index contributed by atoms with van der Waals surface area (Å²) in [6.07, 6.45) is 2.14. The van der Waals surface area contributed by atoms with Gasteiger partial charge in [0.1, 0.15) is 0 Å². The lowest BCUT2D eigenvalue weighted by molar-refractivity contribution is -0.156. The minimum Gasteiger partial charge on any atom is -0.481 e. The van der Waals surface area contributed by atoms with Crippen molar-refractivity contribution in [1.29, 1.82) is 0 Å². The lowest BCUT2D eigenvalue weighted by Crippen LogP contribution is -2.48. The Morgan fingerprint density at radius 3 is 2.27 bits per heavy atom. The summed E-state index contributed by atoms with van der Waals surface area (Å²) in [5.74, 6) is -2.51. The maximum Gasteiger partial charge on any atom is 0.312 e. The van der Waals surface area contributed by atoms with E-state index in [1.165, 1.54) is 7.11 Å². The van der Waals surface area contributed by atoms with Gasteiger partial charge in [-0.3, -0.25) is 9.59 Å². The highest BCUT2D eigenvalue weighted by Crippen LogP contribution is 2.43. The molecule has 0 spiro atoms. The van der Waals surface area contributed by atoms with Crippen LogP contribution in [0, 0.1) is 17.3 Å². The van der Waals surface area contributed by atoms with Crippen LogP contribution in [0.15, 0.2) is 0 Å². The topological polar surface area (TPSA) is 110 Å². The molecule has 1 unspecified atom stereocenters. The average Bonchev–Trinajstić information content (AvgIpc) is 2.37. The molecule has 0 aromatic rings. The van der Waals surface area contributed by atoms with Gasteiger partial charge in [0.15, 0.2) is 0 Å². The van der Waals surface area contributed by atoms with Gasteiger partial charge in [-0.15, -0.1) is 0 Å². The fraction of sp³-hybridized carbons (Fsp3) is 0.857. The molecular weight excluding hydrogens is 310 g/mol. The van der Waals surface area contributed by atoms with E-state index in [2.05, 4.69) is 4.72 Å². The molecule has 128 valence electrons. The quantitative estimate of drug-likeness (QED) is 0.608. The van der Waals surface area contributed by atoms with Crippen LogP contribution in [0.4, 0.5) is 0 Å². The minimum atomic E-state index is -3.73. The van der Waals surface area contributed by atoms with Crippen molar-refractivity contribution in [2.75, 3.05) is 19.4 Å². The molecule has 0 bridgehead atoms. The summed E-state index contributed by atoms with van der Waals surface area (Å²) in [6, 6.07) is 0. The second-order valence-electron chi connectivity index (χ2n) is 6.40. The van der Waals surface area contributed by atoms with Crippen LogP contribution in [-0.4, -0.2) is 44.9 Å². The molecule has 0 aliphatic heterocycles. The van der Waals surface area contributed by atoms with E-state index in [9.17, 15) is 18.0 Å². The van der Waals surface area contributed by atoms with Gasteiger partial charge in [0.25, 0.3) is 0 Å². The van der Waals surface area contributed by atoms with Crippen molar-refractivity contribution in [1.82, 2.24) is 4.72 Å². The first-order valence-corrected chi connectivity index (χ1v) is 9.05. The third-order valence-electron chi connectivity index (χ3n) is 4.05. The maximum absolute atomic E-state index is 12.2. The number of aliphatic carboxylic acids is 1. The van der Waals surface area contributed by atoms with E-state index in [0.29, 0.717) is 19.3 Å². The molecule has 0 saturated heterocycles. The fourth-order valence-corrected chi connectivity index (χ4v) is 4.40. The van der Waals surface area contributed by atoms with Crippen molar-refractivity contribution in [2.45, 2.75) is 39.5 Å². The van der Waals surface area contributed by atoms with E-state index in [4.69, 9.17) is 9.84 Å². The van der Waals surface area contributed by atoms with Crippen LogP contribution in [0.1, 0.15) is 39.5 Å². The highest BCUT2D eigenvalue weighted by Gasteiger charge is 2.48. The Hall–Kier alpha value is -1.15. The Morgan fingerprint density at radius 1 is 1.32 bits per heavy atom. The Morgan fingerprint density at radius 2 is 1.91 bits per heavy atom. The number of hydrogen-bond acceptors (Lipinski definition) is 5. The molecule has 22 heavy (non-hydrogen) atoms. The number of carboxylic acid groups (broad SMARTS) is 1. The van der Waals surface area contributed by atoms with Gasteiger partial charge >= 0.3 is 11.9 Å². The van der Waals surface area contributed by atoms with E-state index in [0.717, 1.165) is 6.42 Å². The number of rotatable bonds is 9. The third kappa shape index (κ3) is 4.95. The molecule has 0 aromatic carbocycles. The largest absolute Gasteiger partial charge is 0.481 e. The molecule has 1 aliphatic rings. The summed E-state index contributed by atoms with van der Waals surface area (Å²) in [5.41, 5.74) is -0.975. The highest BCUT2D eigenvalue weighted by molar-refractivity contribution is 7.89. The number of esters is 1. The van der Waals surface area contributed by atoms with Crippen molar-refractivity contribution in [2.24, 2.45) is 17.3 Å². The van der Waals surface area contributed by atoms with E-state index >= 15 is 0 Å². The summed E-state index contributed by atoms with van der Waals surface area (Å²) in [7, 11) is -2.49. The third-order valence-corrected chi connectivity index (χ3v) is 5.59. The van der Waals surface area contributed by atoms with Crippen molar-refractivity contribution in [3.63, 3.8) is 0 Å². The molecule has 2 N–H and O–H groups in total. The molecule has 1 rings (SSSR count). The number of methoxy groups -OCH3 is 1. The maximum atomic E-state index is 12.2. The van der Waals surface area contributed by atoms with Crippen LogP contribution in [-0.2, 0) is 24.3 Å². The minimum absolute atomic E-state index is 0.152. The Bertz CT molecular complexity index is 509. The van der Waals surface area contributed by atoms with Crippen LogP contribution < -0.4 is 4.72 Å². The van der Waals surface area contributed by atoms with Gasteiger partial charge in [0.2, 0.25) is 10.0 Å². The predicted octanol–water partition coefficient (Wildman–Crippen LogP) is 0.996. The zero-order valence-electron chi connectivity index (χ0n) is 13.3. The molecule has 0 heterocycles.